The number of hydrogen-bond donors (Lipinski definition) is 1. The highest BCUT2D eigenvalue weighted by Crippen LogP contribution is 2.25. The number of benzene rings is 2. The first kappa shape index (κ1) is 16.2. The van der Waals surface area contributed by atoms with Crippen molar-refractivity contribution in [1.29, 1.82) is 0 Å². The van der Waals surface area contributed by atoms with Crippen molar-refractivity contribution in [3.63, 3.8) is 0 Å². The Bertz CT molecular complexity index is 906. The molecule has 0 bridgehead atoms. The van der Waals surface area contributed by atoms with Gasteiger partial charge in [0.2, 0.25) is 0 Å². The number of nitrogens with zero attached hydrogens (tertiary/aromatic N) is 2. The van der Waals surface area contributed by atoms with Crippen LogP contribution < -0.4 is 5.32 Å². The maximum atomic E-state index is 13.1. The van der Waals surface area contributed by atoms with Gasteiger partial charge in [-0.1, -0.05) is 29.8 Å². The van der Waals surface area contributed by atoms with Crippen LogP contribution in [0.15, 0.2) is 48.5 Å². The van der Waals surface area contributed by atoms with Gasteiger partial charge in [-0.15, -0.1) is 0 Å². The SMILES string of the molecule is Cc1nn(-c2ccccc2)c(C)c1NC(=O)c1ccc(F)cc1Cl. The van der Waals surface area contributed by atoms with E-state index in [2.05, 4.69) is 10.4 Å². The molecule has 0 saturated heterocycles. The van der Waals surface area contributed by atoms with Crippen LogP contribution in [-0.2, 0) is 0 Å². The van der Waals surface area contributed by atoms with Gasteiger partial charge in [-0.25, -0.2) is 9.07 Å². The van der Waals surface area contributed by atoms with Crippen molar-refractivity contribution in [3.05, 3.63) is 76.3 Å². The number of amides is 1. The van der Waals surface area contributed by atoms with Crippen molar-refractivity contribution in [2.24, 2.45) is 0 Å². The van der Waals surface area contributed by atoms with Crippen LogP contribution in [0.5, 0.6) is 0 Å². The number of nitrogens with one attached hydrogen (secondary N) is 1. The molecule has 4 nitrogen and oxygen atoms in total. The number of hydrogen-bond acceptors (Lipinski definition) is 2. The molecule has 0 unspecified atom stereocenters. The summed E-state index contributed by atoms with van der Waals surface area (Å²) in [5, 5.41) is 7.36. The first-order valence-corrected chi connectivity index (χ1v) is 7.73. The lowest BCUT2D eigenvalue weighted by atomic mass is 10.2. The van der Waals surface area contributed by atoms with E-state index >= 15 is 0 Å². The van der Waals surface area contributed by atoms with E-state index in [1.165, 1.54) is 12.1 Å². The zero-order valence-electron chi connectivity index (χ0n) is 13.2. The highest BCUT2D eigenvalue weighted by molar-refractivity contribution is 6.34. The zero-order chi connectivity index (χ0) is 17.3. The Hall–Kier alpha value is -2.66. The molecule has 0 fully saturated rings. The van der Waals surface area contributed by atoms with Gasteiger partial charge in [-0.05, 0) is 44.2 Å². The number of carbonyl (C=O) groups excluding carboxylic acids is 1. The molecule has 2 aromatic carbocycles. The van der Waals surface area contributed by atoms with Crippen molar-refractivity contribution in [2.75, 3.05) is 5.32 Å². The summed E-state index contributed by atoms with van der Waals surface area (Å²) >= 11 is 5.95. The summed E-state index contributed by atoms with van der Waals surface area (Å²) in [5.74, 6) is -0.889. The van der Waals surface area contributed by atoms with Crippen LogP contribution in [0.3, 0.4) is 0 Å². The van der Waals surface area contributed by atoms with Gasteiger partial charge >= 0.3 is 0 Å². The largest absolute Gasteiger partial charge is 0.319 e. The Morgan fingerprint density at radius 1 is 1.17 bits per heavy atom. The van der Waals surface area contributed by atoms with E-state index in [-0.39, 0.29) is 10.6 Å². The molecule has 0 spiro atoms. The minimum atomic E-state index is -0.485. The normalized spacial score (nSPS) is 10.7. The molecule has 24 heavy (non-hydrogen) atoms. The van der Waals surface area contributed by atoms with Gasteiger partial charge in [0, 0.05) is 0 Å². The fourth-order valence-electron chi connectivity index (χ4n) is 2.50. The predicted octanol–water partition coefficient (Wildman–Crippen LogP) is 4.53. The first-order chi connectivity index (χ1) is 11.5. The van der Waals surface area contributed by atoms with Crippen molar-refractivity contribution in [1.82, 2.24) is 9.78 Å². The molecule has 0 atom stereocenters. The van der Waals surface area contributed by atoms with Crippen LogP contribution in [0.2, 0.25) is 5.02 Å². The number of anilines is 1. The maximum Gasteiger partial charge on any atom is 0.257 e. The molecule has 0 aliphatic carbocycles. The van der Waals surface area contributed by atoms with Gasteiger partial charge in [-0.3, -0.25) is 4.79 Å². The van der Waals surface area contributed by atoms with Crippen LogP contribution in [0, 0.1) is 19.7 Å². The molecule has 3 aromatic rings. The van der Waals surface area contributed by atoms with Crippen LogP contribution in [-0.4, -0.2) is 15.7 Å². The molecule has 1 amide bonds. The van der Waals surface area contributed by atoms with Gasteiger partial charge in [0.15, 0.2) is 0 Å². The molecule has 0 radical (unpaired) electrons. The summed E-state index contributed by atoms with van der Waals surface area (Å²) in [7, 11) is 0. The van der Waals surface area contributed by atoms with E-state index in [1.54, 1.807) is 4.68 Å². The average molecular weight is 344 g/mol. The Morgan fingerprint density at radius 2 is 1.88 bits per heavy atom. The molecule has 1 heterocycles. The lowest BCUT2D eigenvalue weighted by Gasteiger charge is -2.08. The van der Waals surface area contributed by atoms with Gasteiger partial charge in [0.05, 0.1) is 33.3 Å². The number of aryl methyl sites for hydroxylation is 1. The van der Waals surface area contributed by atoms with Crippen molar-refractivity contribution in [2.45, 2.75) is 13.8 Å². The molecule has 0 aliphatic heterocycles. The van der Waals surface area contributed by atoms with Crippen molar-refractivity contribution < 1.29 is 9.18 Å². The first-order valence-electron chi connectivity index (χ1n) is 7.35. The van der Waals surface area contributed by atoms with Gasteiger partial charge in [0.1, 0.15) is 5.82 Å². The van der Waals surface area contributed by atoms with Crippen LogP contribution in [0.4, 0.5) is 10.1 Å². The molecule has 1 N–H and O–H groups in total. The van der Waals surface area contributed by atoms with Gasteiger partial charge in [0.25, 0.3) is 5.91 Å². The summed E-state index contributed by atoms with van der Waals surface area (Å²) in [5.41, 5.74) is 3.21. The van der Waals surface area contributed by atoms with E-state index in [0.717, 1.165) is 17.4 Å². The minimum absolute atomic E-state index is 0.0678. The fraction of sp³-hybridized carbons (Fsp3) is 0.111. The quantitative estimate of drug-likeness (QED) is 0.759. The van der Waals surface area contributed by atoms with E-state index in [0.29, 0.717) is 11.4 Å². The number of rotatable bonds is 3. The molecule has 6 heteroatoms. The van der Waals surface area contributed by atoms with E-state index < -0.39 is 11.7 Å². The summed E-state index contributed by atoms with van der Waals surface area (Å²) in [4.78, 5) is 12.4. The van der Waals surface area contributed by atoms with E-state index in [4.69, 9.17) is 11.6 Å². The van der Waals surface area contributed by atoms with Crippen LogP contribution >= 0.6 is 11.6 Å². The Kier molecular flexibility index (Phi) is 4.36. The summed E-state index contributed by atoms with van der Waals surface area (Å²) in [6, 6.07) is 13.3. The second-order valence-corrected chi connectivity index (χ2v) is 5.78. The molecular formula is C18H15ClFN3O. The third-order valence-electron chi connectivity index (χ3n) is 3.71. The molecule has 0 aliphatic rings. The molecule has 122 valence electrons. The van der Waals surface area contributed by atoms with Crippen LogP contribution in [0.1, 0.15) is 21.7 Å². The minimum Gasteiger partial charge on any atom is -0.319 e. The molecule has 1 aromatic heterocycles. The van der Waals surface area contributed by atoms with Crippen molar-refractivity contribution in [3.8, 4) is 5.69 Å². The number of para-hydroxylation sites is 1. The van der Waals surface area contributed by atoms with E-state index in [9.17, 15) is 9.18 Å². The Morgan fingerprint density at radius 3 is 2.54 bits per heavy atom. The third kappa shape index (κ3) is 3.03. The zero-order valence-corrected chi connectivity index (χ0v) is 13.9. The monoisotopic (exact) mass is 343 g/mol. The number of halogens is 2. The molecule has 0 saturated carbocycles. The summed E-state index contributed by atoms with van der Waals surface area (Å²) in [6.07, 6.45) is 0. The fourth-order valence-corrected chi connectivity index (χ4v) is 2.75. The molecular weight excluding hydrogens is 329 g/mol. The number of aromatic nitrogens is 2. The van der Waals surface area contributed by atoms with Crippen molar-refractivity contribution >= 4 is 23.2 Å². The molecule has 3 rings (SSSR count). The number of carbonyl (C=O) groups is 1. The van der Waals surface area contributed by atoms with Crippen LogP contribution in [0.25, 0.3) is 5.69 Å². The van der Waals surface area contributed by atoms with E-state index in [1.807, 2.05) is 44.2 Å². The second kappa shape index (κ2) is 6.45. The highest BCUT2D eigenvalue weighted by Gasteiger charge is 2.17. The van der Waals surface area contributed by atoms with Gasteiger partial charge in [-0.2, -0.15) is 5.10 Å². The third-order valence-corrected chi connectivity index (χ3v) is 4.02. The second-order valence-electron chi connectivity index (χ2n) is 5.37. The highest BCUT2D eigenvalue weighted by atomic mass is 35.5. The lowest BCUT2D eigenvalue weighted by molar-refractivity contribution is 0.102. The standard InChI is InChI=1S/C18H15ClFN3O/c1-11-17(12(2)23(22-11)14-6-4-3-5-7-14)21-18(24)15-9-8-13(20)10-16(15)19/h3-10H,1-2H3,(H,21,24). The average Bonchev–Trinajstić information content (AvgIpc) is 2.83. The summed E-state index contributed by atoms with van der Waals surface area (Å²) in [6.45, 7) is 3.68. The Labute approximate surface area is 143 Å². The maximum absolute atomic E-state index is 13.1. The predicted molar refractivity (Wildman–Crippen MR) is 92.4 cm³/mol. The van der Waals surface area contributed by atoms with Gasteiger partial charge < -0.3 is 5.32 Å². The Balaban J connectivity index is 1.93. The summed E-state index contributed by atoms with van der Waals surface area (Å²) < 4.78 is 14.9. The smallest absolute Gasteiger partial charge is 0.257 e. The topological polar surface area (TPSA) is 46.9 Å². The lowest BCUT2D eigenvalue weighted by Crippen LogP contribution is -2.14.